The number of rotatable bonds is 6. The van der Waals surface area contributed by atoms with Gasteiger partial charge in [0.1, 0.15) is 5.82 Å². The minimum atomic E-state index is -0.145. The van der Waals surface area contributed by atoms with E-state index in [0.717, 1.165) is 25.1 Å². The number of benzene rings is 1. The fourth-order valence-electron chi connectivity index (χ4n) is 2.80. The van der Waals surface area contributed by atoms with E-state index in [9.17, 15) is 4.39 Å². The van der Waals surface area contributed by atoms with Crippen molar-refractivity contribution in [2.24, 2.45) is 0 Å². The molecule has 0 spiro atoms. The van der Waals surface area contributed by atoms with Gasteiger partial charge in [0.2, 0.25) is 0 Å². The minimum absolute atomic E-state index is 0.145. The standard InChI is InChI=1S/C16H25FN2/c1-2-16(14-7-6-8-15(17)13-14)18-9-12-19-10-4-3-5-11-19/h6-8,13,16,18H,2-5,9-12H2,1H3. The summed E-state index contributed by atoms with van der Waals surface area (Å²) in [7, 11) is 0. The Balaban J connectivity index is 1.79. The Hall–Kier alpha value is -0.930. The van der Waals surface area contributed by atoms with Crippen molar-refractivity contribution in [2.45, 2.75) is 38.6 Å². The molecule has 3 heteroatoms. The molecule has 0 radical (unpaired) electrons. The Morgan fingerprint density at radius 2 is 2.05 bits per heavy atom. The van der Waals surface area contributed by atoms with E-state index in [1.54, 1.807) is 12.1 Å². The number of likely N-dealkylation sites (tertiary alicyclic amines) is 1. The van der Waals surface area contributed by atoms with Gasteiger partial charge in [0.05, 0.1) is 0 Å². The highest BCUT2D eigenvalue weighted by Crippen LogP contribution is 2.17. The van der Waals surface area contributed by atoms with Crippen molar-refractivity contribution < 1.29 is 4.39 Å². The predicted octanol–water partition coefficient (Wildman–Crippen LogP) is 3.35. The van der Waals surface area contributed by atoms with Gasteiger partial charge in [-0.15, -0.1) is 0 Å². The van der Waals surface area contributed by atoms with Crippen LogP contribution in [0.5, 0.6) is 0 Å². The van der Waals surface area contributed by atoms with Crippen molar-refractivity contribution in [3.63, 3.8) is 0 Å². The first-order chi connectivity index (χ1) is 9.29. The molecule has 1 aromatic carbocycles. The summed E-state index contributed by atoms with van der Waals surface area (Å²) < 4.78 is 13.2. The molecule has 0 bridgehead atoms. The highest BCUT2D eigenvalue weighted by atomic mass is 19.1. The Morgan fingerprint density at radius 3 is 2.74 bits per heavy atom. The van der Waals surface area contributed by atoms with Crippen molar-refractivity contribution in [3.8, 4) is 0 Å². The lowest BCUT2D eigenvalue weighted by Gasteiger charge is -2.27. The number of nitrogens with one attached hydrogen (secondary N) is 1. The fourth-order valence-corrected chi connectivity index (χ4v) is 2.80. The summed E-state index contributed by atoms with van der Waals surface area (Å²) in [4.78, 5) is 2.52. The van der Waals surface area contributed by atoms with Crippen LogP contribution in [0.25, 0.3) is 0 Å². The zero-order chi connectivity index (χ0) is 13.5. The van der Waals surface area contributed by atoms with E-state index in [0.29, 0.717) is 0 Å². The van der Waals surface area contributed by atoms with Gasteiger partial charge in [0, 0.05) is 19.1 Å². The zero-order valence-electron chi connectivity index (χ0n) is 11.9. The Labute approximate surface area is 116 Å². The van der Waals surface area contributed by atoms with Gasteiger partial charge < -0.3 is 10.2 Å². The second-order valence-electron chi connectivity index (χ2n) is 5.37. The van der Waals surface area contributed by atoms with E-state index in [-0.39, 0.29) is 11.9 Å². The van der Waals surface area contributed by atoms with Crippen molar-refractivity contribution >= 4 is 0 Å². The number of halogens is 1. The van der Waals surface area contributed by atoms with Gasteiger partial charge in [-0.3, -0.25) is 0 Å². The van der Waals surface area contributed by atoms with Crippen LogP contribution in [0.15, 0.2) is 24.3 Å². The molecule has 0 aliphatic carbocycles. The van der Waals surface area contributed by atoms with E-state index in [1.165, 1.54) is 38.4 Å². The van der Waals surface area contributed by atoms with E-state index in [4.69, 9.17) is 0 Å². The summed E-state index contributed by atoms with van der Waals surface area (Å²) in [5.74, 6) is -0.145. The molecule has 1 saturated heterocycles. The molecule has 1 unspecified atom stereocenters. The maximum Gasteiger partial charge on any atom is 0.123 e. The van der Waals surface area contributed by atoms with Crippen LogP contribution < -0.4 is 5.32 Å². The van der Waals surface area contributed by atoms with Gasteiger partial charge >= 0.3 is 0 Å². The Morgan fingerprint density at radius 1 is 1.26 bits per heavy atom. The molecule has 1 aliphatic heterocycles. The largest absolute Gasteiger partial charge is 0.309 e. The van der Waals surface area contributed by atoms with Crippen LogP contribution in [-0.4, -0.2) is 31.1 Å². The van der Waals surface area contributed by atoms with Crippen LogP contribution in [0.2, 0.25) is 0 Å². The maximum atomic E-state index is 13.2. The molecule has 106 valence electrons. The third kappa shape index (κ3) is 4.59. The SMILES string of the molecule is CCC(NCCN1CCCCC1)c1cccc(F)c1. The Kier molecular flexibility index (Phi) is 5.80. The average molecular weight is 264 g/mol. The molecule has 0 aromatic heterocycles. The summed E-state index contributed by atoms with van der Waals surface area (Å²) in [6, 6.07) is 7.21. The van der Waals surface area contributed by atoms with E-state index in [1.807, 2.05) is 6.07 Å². The third-order valence-corrected chi connectivity index (χ3v) is 3.93. The summed E-state index contributed by atoms with van der Waals surface area (Å²) in [6.07, 6.45) is 5.04. The molecule has 2 rings (SSSR count). The fraction of sp³-hybridized carbons (Fsp3) is 0.625. The molecular formula is C16H25FN2. The minimum Gasteiger partial charge on any atom is -0.309 e. The molecule has 0 amide bonds. The monoisotopic (exact) mass is 264 g/mol. The summed E-state index contributed by atoms with van der Waals surface area (Å²) in [5, 5.41) is 3.55. The smallest absolute Gasteiger partial charge is 0.123 e. The lowest BCUT2D eigenvalue weighted by atomic mass is 10.0. The molecule has 0 saturated carbocycles. The van der Waals surface area contributed by atoms with Gasteiger partial charge in [0.15, 0.2) is 0 Å². The molecule has 1 aromatic rings. The van der Waals surface area contributed by atoms with Gasteiger partial charge in [-0.25, -0.2) is 4.39 Å². The lowest BCUT2D eigenvalue weighted by Crippen LogP contribution is -2.36. The van der Waals surface area contributed by atoms with Crippen LogP contribution >= 0.6 is 0 Å². The number of piperidine rings is 1. The van der Waals surface area contributed by atoms with Crippen LogP contribution in [-0.2, 0) is 0 Å². The summed E-state index contributed by atoms with van der Waals surface area (Å²) >= 11 is 0. The maximum absolute atomic E-state index is 13.2. The van der Waals surface area contributed by atoms with Crippen LogP contribution in [0, 0.1) is 5.82 Å². The van der Waals surface area contributed by atoms with Gasteiger partial charge in [-0.1, -0.05) is 25.5 Å². The first-order valence-corrected chi connectivity index (χ1v) is 7.51. The van der Waals surface area contributed by atoms with E-state index in [2.05, 4.69) is 17.1 Å². The molecule has 2 nitrogen and oxygen atoms in total. The van der Waals surface area contributed by atoms with E-state index >= 15 is 0 Å². The normalized spacial score (nSPS) is 18.4. The number of hydrogen-bond donors (Lipinski definition) is 1. The van der Waals surface area contributed by atoms with E-state index < -0.39 is 0 Å². The highest BCUT2D eigenvalue weighted by molar-refractivity contribution is 5.20. The van der Waals surface area contributed by atoms with Crippen LogP contribution in [0.1, 0.15) is 44.2 Å². The topological polar surface area (TPSA) is 15.3 Å². The summed E-state index contributed by atoms with van der Waals surface area (Å²) in [6.45, 7) is 6.70. The molecule has 1 aliphatic rings. The highest BCUT2D eigenvalue weighted by Gasteiger charge is 2.12. The molecule has 1 fully saturated rings. The second kappa shape index (κ2) is 7.61. The van der Waals surface area contributed by atoms with Gasteiger partial charge in [-0.2, -0.15) is 0 Å². The van der Waals surface area contributed by atoms with Gasteiger partial charge in [-0.05, 0) is 50.0 Å². The Bertz CT molecular complexity index is 375. The van der Waals surface area contributed by atoms with Crippen LogP contribution in [0.3, 0.4) is 0 Å². The third-order valence-electron chi connectivity index (χ3n) is 3.93. The molecule has 1 N–H and O–H groups in total. The van der Waals surface area contributed by atoms with Gasteiger partial charge in [0.25, 0.3) is 0 Å². The van der Waals surface area contributed by atoms with Crippen molar-refractivity contribution in [1.82, 2.24) is 10.2 Å². The first-order valence-electron chi connectivity index (χ1n) is 7.51. The van der Waals surface area contributed by atoms with Crippen molar-refractivity contribution in [1.29, 1.82) is 0 Å². The lowest BCUT2D eigenvalue weighted by molar-refractivity contribution is 0.226. The second-order valence-corrected chi connectivity index (χ2v) is 5.37. The van der Waals surface area contributed by atoms with Crippen molar-refractivity contribution in [2.75, 3.05) is 26.2 Å². The molecule has 1 atom stereocenters. The van der Waals surface area contributed by atoms with Crippen molar-refractivity contribution in [3.05, 3.63) is 35.6 Å². The number of hydrogen-bond acceptors (Lipinski definition) is 2. The molecule has 19 heavy (non-hydrogen) atoms. The first kappa shape index (κ1) is 14.5. The molecular weight excluding hydrogens is 239 g/mol. The average Bonchev–Trinajstić information content (AvgIpc) is 2.45. The summed E-state index contributed by atoms with van der Waals surface area (Å²) in [5.41, 5.74) is 1.06. The van der Waals surface area contributed by atoms with Crippen LogP contribution in [0.4, 0.5) is 4.39 Å². The quantitative estimate of drug-likeness (QED) is 0.847. The number of nitrogens with zero attached hydrogens (tertiary/aromatic N) is 1. The predicted molar refractivity (Wildman–Crippen MR) is 77.7 cm³/mol. The zero-order valence-corrected chi connectivity index (χ0v) is 11.9. The molecule has 1 heterocycles.